The van der Waals surface area contributed by atoms with Crippen LogP contribution in [-0.4, -0.2) is 16.9 Å². The highest BCUT2D eigenvalue weighted by Crippen LogP contribution is 2.38. The Morgan fingerprint density at radius 2 is 1.89 bits per heavy atom. The van der Waals surface area contributed by atoms with Crippen LogP contribution in [0.2, 0.25) is 0 Å². The summed E-state index contributed by atoms with van der Waals surface area (Å²) in [5, 5.41) is 4.24. The summed E-state index contributed by atoms with van der Waals surface area (Å²) in [6, 6.07) is 4.16. The summed E-state index contributed by atoms with van der Waals surface area (Å²) in [7, 11) is 3.61. The zero-order valence-corrected chi connectivity index (χ0v) is 11.4. The summed E-state index contributed by atoms with van der Waals surface area (Å²) in [6.45, 7) is 0. The lowest BCUT2D eigenvalue weighted by atomic mass is 9.85. The van der Waals surface area contributed by atoms with Crippen molar-refractivity contribution in [3.8, 4) is 16.9 Å². The van der Waals surface area contributed by atoms with Crippen LogP contribution < -0.4 is 10.5 Å². The van der Waals surface area contributed by atoms with Crippen LogP contribution in [0.25, 0.3) is 11.1 Å². The molecular weight excluding hydrogens is 238 g/mol. The molecule has 2 aromatic rings. The van der Waals surface area contributed by atoms with E-state index in [1.165, 1.54) is 29.5 Å². The molecule has 0 fully saturated rings. The number of aromatic nitrogens is 2. The first-order valence-corrected chi connectivity index (χ1v) is 6.69. The number of rotatable bonds is 2. The number of nitrogens with zero attached hydrogens (tertiary/aromatic N) is 2. The number of aryl methyl sites for hydroxylation is 1. The van der Waals surface area contributed by atoms with Crippen molar-refractivity contribution in [2.24, 2.45) is 7.05 Å². The maximum Gasteiger partial charge on any atom is 0.129 e. The molecule has 1 aromatic heterocycles. The fraction of sp³-hybridized carbons (Fsp3) is 0.400. The molecule has 100 valence electrons. The lowest BCUT2D eigenvalue weighted by Crippen LogP contribution is -2.07. The van der Waals surface area contributed by atoms with Gasteiger partial charge in [-0.1, -0.05) is 6.07 Å². The molecule has 2 N–H and O–H groups in total. The average molecular weight is 257 g/mol. The van der Waals surface area contributed by atoms with E-state index in [0.29, 0.717) is 0 Å². The first kappa shape index (κ1) is 12.1. The van der Waals surface area contributed by atoms with E-state index < -0.39 is 0 Å². The topological polar surface area (TPSA) is 53.1 Å². The fourth-order valence-corrected chi connectivity index (χ4v) is 2.93. The Hall–Kier alpha value is -1.97. The van der Waals surface area contributed by atoms with Crippen molar-refractivity contribution in [3.05, 3.63) is 29.5 Å². The second-order valence-electron chi connectivity index (χ2n) is 5.05. The Bertz CT molecular complexity index is 616. The van der Waals surface area contributed by atoms with E-state index in [2.05, 4.69) is 11.2 Å². The van der Waals surface area contributed by atoms with Crippen LogP contribution in [-0.2, 0) is 19.9 Å². The normalized spacial score (nSPS) is 14.2. The van der Waals surface area contributed by atoms with Gasteiger partial charge >= 0.3 is 0 Å². The van der Waals surface area contributed by atoms with Crippen LogP contribution in [0.15, 0.2) is 18.3 Å². The molecule has 0 saturated carbocycles. The van der Waals surface area contributed by atoms with Crippen molar-refractivity contribution in [2.45, 2.75) is 25.7 Å². The maximum atomic E-state index is 6.11. The minimum Gasteiger partial charge on any atom is -0.496 e. The van der Waals surface area contributed by atoms with Gasteiger partial charge in [0.25, 0.3) is 0 Å². The van der Waals surface area contributed by atoms with Crippen LogP contribution in [0.3, 0.4) is 0 Å². The molecular formula is C15H19N3O. The smallest absolute Gasteiger partial charge is 0.129 e. The highest BCUT2D eigenvalue weighted by molar-refractivity contribution is 5.78. The molecule has 4 nitrogen and oxygen atoms in total. The molecule has 1 aliphatic rings. The summed E-state index contributed by atoms with van der Waals surface area (Å²) in [5.41, 5.74) is 11.1. The Balaban J connectivity index is 2.20. The van der Waals surface area contributed by atoms with Crippen molar-refractivity contribution >= 4 is 5.82 Å². The molecule has 0 radical (unpaired) electrons. The van der Waals surface area contributed by atoms with E-state index in [1.807, 2.05) is 19.3 Å². The lowest BCUT2D eigenvalue weighted by molar-refractivity contribution is 0.406. The van der Waals surface area contributed by atoms with Gasteiger partial charge in [-0.15, -0.1) is 0 Å². The standard InChI is InChI=1S/C15H19N3O/c1-18-15(16)13(9-17-18)11-7-8-14(19-2)12-6-4-3-5-10(11)12/h7-9H,3-6,16H2,1-2H3. The summed E-state index contributed by atoms with van der Waals surface area (Å²) in [6.07, 6.45) is 6.50. The second-order valence-corrected chi connectivity index (χ2v) is 5.05. The molecule has 4 heteroatoms. The SMILES string of the molecule is COc1ccc(-c2cnn(C)c2N)c2c1CCCC2. The highest BCUT2D eigenvalue weighted by Gasteiger charge is 2.20. The van der Waals surface area contributed by atoms with Gasteiger partial charge in [0, 0.05) is 12.6 Å². The molecule has 1 aromatic carbocycles. The predicted octanol–water partition coefficient (Wildman–Crippen LogP) is 2.56. The van der Waals surface area contributed by atoms with Gasteiger partial charge in [-0.25, -0.2) is 0 Å². The number of benzene rings is 1. The predicted molar refractivity (Wildman–Crippen MR) is 76.3 cm³/mol. The van der Waals surface area contributed by atoms with E-state index in [0.717, 1.165) is 30.0 Å². The maximum absolute atomic E-state index is 6.11. The molecule has 0 spiro atoms. The van der Waals surface area contributed by atoms with Crippen LogP contribution in [0, 0.1) is 0 Å². The molecule has 0 aliphatic heterocycles. The minimum atomic E-state index is 0.720. The number of methoxy groups -OCH3 is 1. The summed E-state index contributed by atoms with van der Waals surface area (Å²) >= 11 is 0. The summed E-state index contributed by atoms with van der Waals surface area (Å²) in [4.78, 5) is 0. The third-order valence-electron chi connectivity index (χ3n) is 3.99. The number of nitrogens with two attached hydrogens (primary N) is 1. The third kappa shape index (κ3) is 1.87. The van der Waals surface area contributed by atoms with Gasteiger partial charge in [-0.05, 0) is 48.4 Å². The third-order valence-corrected chi connectivity index (χ3v) is 3.99. The first-order chi connectivity index (χ1) is 9.22. The molecule has 1 aliphatic carbocycles. The average Bonchev–Trinajstić information content (AvgIpc) is 2.78. The number of fused-ring (bicyclic) bond motifs is 1. The van der Waals surface area contributed by atoms with E-state index in [1.54, 1.807) is 11.8 Å². The van der Waals surface area contributed by atoms with Gasteiger partial charge in [0.15, 0.2) is 0 Å². The van der Waals surface area contributed by atoms with Crippen molar-refractivity contribution < 1.29 is 4.74 Å². The van der Waals surface area contributed by atoms with Crippen molar-refractivity contribution in [1.29, 1.82) is 0 Å². The Kier molecular flexibility index (Phi) is 2.93. The molecule has 19 heavy (non-hydrogen) atoms. The monoisotopic (exact) mass is 257 g/mol. The first-order valence-electron chi connectivity index (χ1n) is 6.69. The highest BCUT2D eigenvalue weighted by atomic mass is 16.5. The molecule has 1 heterocycles. The van der Waals surface area contributed by atoms with Crippen LogP contribution in [0.1, 0.15) is 24.0 Å². The van der Waals surface area contributed by atoms with Gasteiger partial charge in [0.1, 0.15) is 11.6 Å². The van der Waals surface area contributed by atoms with Crippen LogP contribution >= 0.6 is 0 Å². The molecule has 0 amide bonds. The molecule has 0 unspecified atom stereocenters. The van der Waals surface area contributed by atoms with E-state index in [4.69, 9.17) is 10.5 Å². The van der Waals surface area contributed by atoms with Crippen LogP contribution in [0.4, 0.5) is 5.82 Å². The van der Waals surface area contributed by atoms with Crippen molar-refractivity contribution in [3.63, 3.8) is 0 Å². The van der Waals surface area contributed by atoms with Gasteiger partial charge in [0.05, 0.1) is 13.3 Å². The van der Waals surface area contributed by atoms with Gasteiger partial charge < -0.3 is 10.5 Å². The second kappa shape index (κ2) is 4.61. The summed E-state index contributed by atoms with van der Waals surface area (Å²) in [5.74, 6) is 1.72. The van der Waals surface area contributed by atoms with E-state index >= 15 is 0 Å². The largest absolute Gasteiger partial charge is 0.496 e. The number of ether oxygens (including phenoxy) is 1. The van der Waals surface area contributed by atoms with E-state index in [-0.39, 0.29) is 0 Å². The summed E-state index contributed by atoms with van der Waals surface area (Å²) < 4.78 is 7.20. The van der Waals surface area contributed by atoms with E-state index in [9.17, 15) is 0 Å². The Morgan fingerprint density at radius 3 is 2.53 bits per heavy atom. The minimum absolute atomic E-state index is 0.720. The zero-order valence-electron chi connectivity index (χ0n) is 11.4. The molecule has 3 rings (SSSR count). The van der Waals surface area contributed by atoms with Crippen molar-refractivity contribution in [1.82, 2.24) is 9.78 Å². The fourth-order valence-electron chi connectivity index (χ4n) is 2.93. The zero-order chi connectivity index (χ0) is 13.4. The molecule has 0 saturated heterocycles. The number of hydrogen-bond donors (Lipinski definition) is 1. The number of hydrogen-bond acceptors (Lipinski definition) is 3. The number of anilines is 1. The molecule has 0 bridgehead atoms. The van der Waals surface area contributed by atoms with Crippen molar-refractivity contribution in [2.75, 3.05) is 12.8 Å². The van der Waals surface area contributed by atoms with Gasteiger partial charge in [-0.2, -0.15) is 5.10 Å². The van der Waals surface area contributed by atoms with Crippen LogP contribution in [0.5, 0.6) is 5.75 Å². The number of nitrogen functional groups attached to an aromatic ring is 1. The Labute approximate surface area is 113 Å². The van der Waals surface area contributed by atoms with Gasteiger partial charge in [0.2, 0.25) is 0 Å². The lowest BCUT2D eigenvalue weighted by Gasteiger charge is -2.21. The molecule has 0 atom stereocenters. The quantitative estimate of drug-likeness (QED) is 0.899. The van der Waals surface area contributed by atoms with Gasteiger partial charge in [-0.3, -0.25) is 4.68 Å². The Morgan fingerprint density at radius 1 is 1.16 bits per heavy atom.